The molecule has 2 aliphatic rings. The fourth-order valence-electron chi connectivity index (χ4n) is 4.36. The van der Waals surface area contributed by atoms with E-state index in [1.54, 1.807) is 0 Å². The second kappa shape index (κ2) is 12.3. The van der Waals surface area contributed by atoms with Gasteiger partial charge in [-0.15, -0.1) is 0 Å². The molecule has 2 aliphatic heterocycles. The summed E-state index contributed by atoms with van der Waals surface area (Å²) in [6, 6.07) is 2.48. The Balaban J connectivity index is 1.60. The van der Waals surface area contributed by atoms with Gasteiger partial charge in [-0.3, -0.25) is 4.90 Å². The molecule has 30 heavy (non-hydrogen) atoms. The Morgan fingerprint density at radius 3 is 2.63 bits per heavy atom. The summed E-state index contributed by atoms with van der Waals surface area (Å²) in [5, 5.41) is 11.2. The van der Waals surface area contributed by atoms with Crippen molar-refractivity contribution in [3.63, 3.8) is 0 Å². The molecule has 1 aromatic rings. The number of aromatic nitrogens is 1. The average Bonchev–Trinajstić information content (AvgIpc) is 3.47. The topological polar surface area (TPSA) is 84.2 Å². The highest BCUT2D eigenvalue weighted by Crippen LogP contribution is 2.23. The van der Waals surface area contributed by atoms with Crippen LogP contribution in [0.1, 0.15) is 57.4 Å². The standard InChI is InChI=1S/C22H39N5O3/c1-4-17(5-2)20-13-19(30-26-20)14-24-22(23-6-3)25-15-21(18-7-10-29-16-18)27-8-11-28-12-9-27/h13,17-18,21H,4-12,14-16H2,1-3H3,(H2,23,24,25). The molecular weight excluding hydrogens is 382 g/mol. The van der Waals surface area contributed by atoms with Gasteiger partial charge in [0.25, 0.3) is 0 Å². The van der Waals surface area contributed by atoms with Crippen molar-refractivity contribution in [2.45, 2.75) is 58.5 Å². The molecule has 2 saturated heterocycles. The highest BCUT2D eigenvalue weighted by Gasteiger charge is 2.31. The van der Waals surface area contributed by atoms with Crippen molar-refractivity contribution < 1.29 is 14.0 Å². The van der Waals surface area contributed by atoms with Crippen molar-refractivity contribution in [1.29, 1.82) is 0 Å². The number of hydrogen-bond donors (Lipinski definition) is 2. The molecule has 2 atom stereocenters. The molecule has 2 N–H and O–H groups in total. The highest BCUT2D eigenvalue weighted by atomic mass is 16.5. The summed E-state index contributed by atoms with van der Waals surface area (Å²) in [4.78, 5) is 7.28. The third-order valence-corrected chi connectivity index (χ3v) is 6.22. The largest absolute Gasteiger partial charge is 0.381 e. The predicted octanol–water partition coefficient (Wildman–Crippen LogP) is 2.37. The fraction of sp³-hybridized carbons (Fsp3) is 0.818. The number of rotatable bonds is 10. The van der Waals surface area contributed by atoms with Crippen LogP contribution >= 0.6 is 0 Å². The first-order chi connectivity index (χ1) is 14.7. The van der Waals surface area contributed by atoms with Gasteiger partial charge >= 0.3 is 0 Å². The SMILES string of the molecule is CCNC(=NCc1cc(C(CC)CC)no1)NCC(C1CCOC1)N1CCOCC1. The van der Waals surface area contributed by atoms with Gasteiger partial charge in [-0.05, 0) is 26.2 Å². The van der Waals surface area contributed by atoms with Crippen LogP contribution in [-0.2, 0) is 16.0 Å². The Hall–Kier alpha value is -1.64. The lowest BCUT2D eigenvalue weighted by atomic mass is 9.97. The van der Waals surface area contributed by atoms with Crippen LogP contribution in [0.2, 0.25) is 0 Å². The number of guanidine groups is 1. The third kappa shape index (κ3) is 6.43. The summed E-state index contributed by atoms with van der Waals surface area (Å²) in [5.41, 5.74) is 1.04. The second-order valence-corrected chi connectivity index (χ2v) is 8.15. The van der Waals surface area contributed by atoms with E-state index in [9.17, 15) is 0 Å². The van der Waals surface area contributed by atoms with Gasteiger partial charge in [0.1, 0.15) is 6.54 Å². The molecule has 3 rings (SSSR count). The summed E-state index contributed by atoms with van der Waals surface area (Å²) in [6.45, 7) is 13.9. The Labute approximate surface area is 180 Å². The van der Waals surface area contributed by atoms with Crippen LogP contribution in [0.25, 0.3) is 0 Å². The maximum Gasteiger partial charge on any atom is 0.191 e. The lowest BCUT2D eigenvalue weighted by Crippen LogP contribution is -2.53. The molecule has 0 spiro atoms. The first-order valence-electron chi connectivity index (χ1n) is 11.6. The van der Waals surface area contributed by atoms with E-state index in [4.69, 9.17) is 19.0 Å². The fourth-order valence-corrected chi connectivity index (χ4v) is 4.36. The molecule has 3 heterocycles. The van der Waals surface area contributed by atoms with Gasteiger partial charge in [-0.25, -0.2) is 4.99 Å². The average molecular weight is 422 g/mol. The van der Waals surface area contributed by atoms with Crippen molar-refractivity contribution in [2.75, 3.05) is 52.6 Å². The summed E-state index contributed by atoms with van der Waals surface area (Å²) in [5.74, 6) is 2.63. The highest BCUT2D eigenvalue weighted by molar-refractivity contribution is 5.79. The van der Waals surface area contributed by atoms with Crippen LogP contribution in [0.3, 0.4) is 0 Å². The predicted molar refractivity (Wildman–Crippen MR) is 118 cm³/mol. The molecular formula is C22H39N5O3. The van der Waals surface area contributed by atoms with Crippen molar-refractivity contribution in [2.24, 2.45) is 10.9 Å². The van der Waals surface area contributed by atoms with E-state index in [-0.39, 0.29) is 0 Å². The number of nitrogens with zero attached hydrogens (tertiary/aromatic N) is 3. The Morgan fingerprint density at radius 2 is 1.97 bits per heavy atom. The molecule has 8 heteroatoms. The second-order valence-electron chi connectivity index (χ2n) is 8.15. The maximum atomic E-state index is 5.68. The Morgan fingerprint density at radius 1 is 1.17 bits per heavy atom. The monoisotopic (exact) mass is 421 g/mol. The van der Waals surface area contributed by atoms with E-state index >= 15 is 0 Å². The van der Waals surface area contributed by atoms with E-state index in [1.807, 2.05) is 0 Å². The minimum Gasteiger partial charge on any atom is -0.381 e. The molecule has 0 radical (unpaired) electrons. The summed E-state index contributed by atoms with van der Waals surface area (Å²) >= 11 is 0. The van der Waals surface area contributed by atoms with Gasteiger partial charge in [0.15, 0.2) is 11.7 Å². The number of morpholine rings is 1. The molecule has 2 unspecified atom stereocenters. The summed E-state index contributed by atoms with van der Waals surface area (Å²) < 4.78 is 16.8. The van der Waals surface area contributed by atoms with Crippen LogP contribution in [0.5, 0.6) is 0 Å². The van der Waals surface area contributed by atoms with Crippen molar-refractivity contribution in [3.8, 4) is 0 Å². The van der Waals surface area contributed by atoms with Gasteiger partial charge in [-0.2, -0.15) is 0 Å². The summed E-state index contributed by atoms with van der Waals surface area (Å²) in [7, 11) is 0. The van der Waals surface area contributed by atoms with Crippen LogP contribution in [0.15, 0.2) is 15.6 Å². The molecule has 170 valence electrons. The van der Waals surface area contributed by atoms with Crippen molar-refractivity contribution in [1.82, 2.24) is 20.7 Å². The van der Waals surface area contributed by atoms with E-state index < -0.39 is 0 Å². The normalized spacial score (nSPS) is 21.9. The Kier molecular flexibility index (Phi) is 9.42. The van der Waals surface area contributed by atoms with Crippen molar-refractivity contribution >= 4 is 5.96 Å². The van der Waals surface area contributed by atoms with E-state index in [1.165, 1.54) is 0 Å². The first-order valence-corrected chi connectivity index (χ1v) is 11.6. The van der Waals surface area contributed by atoms with Crippen LogP contribution < -0.4 is 10.6 Å². The molecule has 0 amide bonds. The zero-order valence-electron chi connectivity index (χ0n) is 18.9. The zero-order chi connectivity index (χ0) is 21.2. The van der Waals surface area contributed by atoms with Crippen LogP contribution in [0.4, 0.5) is 0 Å². The Bertz CT molecular complexity index is 634. The quantitative estimate of drug-likeness (QED) is 0.443. The van der Waals surface area contributed by atoms with Gasteiger partial charge in [-0.1, -0.05) is 19.0 Å². The molecule has 8 nitrogen and oxygen atoms in total. The van der Waals surface area contributed by atoms with Crippen molar-refractivity contribution in [3.05, 3.63) is 17.5 Å². The van der Waals surface area contributed by atoms with Crippen LogP contribution in [-0.4, -0.2) is 74.7 Å². The van der Waals surface area contributed by atoms with Gasteiger partial charge in [0.05, 0.1) is 25.5 Å². The third-order valence-electron chi connectivity index (χ3n) is 6.22. The number of hydrogen-bond acceptors (Lipinski definition) is 6. The molecule has 0 aliphatic carbocycles. The first kappa shape index (κ1) is 23.0. The molecule has 0 saturated carbocycles. The smallest absolute Gasteiger partial charge is 0.191 e. The van der Waals surface area contributed by atoms with Crippen LogP contribution in [0, 0.1) is 5.92 Å². The molecule has 2 fully saturated rings. The summed E-state index contributed by atoms with van der Waals surface area (Å²) in [6.07, 6.45) is 3.27. The van der Waals surface area contributed by atoms with Gasteiger partial charge in [0.2, 0.25) is 0 Å². The molecule has 0 aromatic carbocycles. The maximum absolute atomic E-state index is 5.68. The van der Waals surface area contributed by atoms with Gasteiger partial charge in [0, 0.05) is 56.7 Å². The lowest BCUT2D eigenvalue weighted by Gasteiger charge is -2.37. The minimum absolute atomic E-state index is 0.423. The number of ether oxygens (including phenoxy) is 2. The number of nitrogens with one attached hydrogen (secondary N) is 2. The van der Waals surface area contributed by atoms with Gasteiger partial charge < -0.3 is 24.6 Å². The molecule has 1 aromatic heterocycles. The van der Waals surface area contributed by atoms with E-state index in [2.05, 4.69) is 47.5 Å². The van der Waals surface area contributed by atoms with E-state index in [0.717, 1.165) is 89.3 Å². The minimum atomic E-state index is 0.423. The number of aliphatic imine (C=N–C) groups is 1. The molecule has 0 bridgehead atoms. The zero-order valence-corrected chi connectivity index (χ0v) is 18.9. The van der Waals surface area contributed by atoms with E-state index in [0.29, 0.717) is 24.4 Å². The lowest BCUT2D eigenvalue weighted by molar-refractivity contribution is 0.00246.